The van der Waals surface area contributed by atoms with Crippen LogP contribution in [0, 0.1) is 0 Å². The Morgan fingerprint density at radius 3 is 2.75 bits per heavy atom. The van der Waals surface area contributed by atoms with Crippen molar-refractivity contribution in [3.05, 3.63) is 47.7 Å². The summed E-state index contributed by atoms with van der Waals surface area (Å²) >= 11 is -1.60. The van der Waals surface area contributed by atoms with Crippen LogP contribution in [0.1, 0.15) is 55.5 Å². The summed E-state index contributed by atoms with van der Waals surface area (Å²) in [5.74, 6) is 1.18. The van der Waals surface area contributed by atoms with Crippen molar-refractivity contribution < 1.29 is 13.7 Å². The van der Waals surface area contributed by atoms with Crippen LogP contribution in [0.2, 0.25) is 0 Å². The second-order valence-electron chi connectivity index (χ2n) is 7.42. The van der Waals surface area contributed by atoms with Crippen molar-refractivity contribution >= 4 is 34.4 Å². The van der Waals surface area contributed by atoms with Gasteiger partial charge in [0.05, 0.1) is 16.8 Å². The third-order valence-corrected chi connectivity index (χ3v) is 6.14. The molecule has 32 heavy (non-hydrogen) atoms. The van der Waals surface area contributed by atoms with Gasteiger partial charge in [-0.1, -0.05) is 32.8 Å². The molecule has 1 aliphatic carbocycles. The summed E-state index contributed by atoms with van der Waals surface area (Å²) in [4.78, 5) is 17.1. The quantitative estimate of drug-likeness (QED) is 0.526. The molecule has 2 aliphatic rings. The molecule has 1 atom stereocenters. The van der Waals surface area contributed by atoms with Crippen molar-refractivity contribution in [1.82, 2.24) is 10.3 Å². The van der Waals surface area contributed by atoms with E-state index in [0.717, 1.165) is 25.7 Å². The Morgan fingerprint density at radius 1 is 1.28 bits per heavy atom. The molecular formula is C22H30N6O3S. The molecule has 4 rings (SSSR count). The Labute approximate surface area is 191 Å². The highest BCUT2D eigenvalue weighted by Crippen LogP contribution is 2.34. The average molecular weight is 459 g/mol. The van der Waals surface area contributed by atoms with Crippen molar-refractivity contribution in [2.24, 2.45) is 10.1 Å². The number of amides is 1. The summed E-state index contributed by atoms with van der Waals surface area (Å²) in [6.45, 7) is 4.30. The Hall–Kier alpha value is -3.14. The Morgan fingerprint density at radius 2 is 2.03 bits per heavy atom. The summed E-state index contributed by atoms with van der Waals surface area (Å²) in [6, 6.07) is 8.78. The number of ether oxygens (including phenoxy) is 1. The van der Waals surface area contributed by atoms with Crippen LogP contribution in [0.25, 0.3) is 0 Å². The molecule has 0 spiro atoms. The Kier molecular flexibility index (Phi) is 7.68. The number of carbonyl (C=O) groups is 1. The maximum absolute atomic E-state index is 12.9. The fourth-order valence-electron chi connectivity index (χ4n) is 3.85. The minimum Gasteiger partial charge on any atom is -0.490 e. The molecule has 1 aromatic carbocycles. The molecular weight excluding hydrogens is 428 g/mol. The van der Waals surface area contributed by atoms with Gasteiger partial charge in [-0.05, 0) is 37.1 Å². The summed E-state index contributed by atoms with van der Waals surface area (Å²) in [7, 11) is 1.76. The highest BCUT2D eigenvalue weighted by atomic mass is 32.2. The van der Waals surface area contributed by atoms with Crippen molar-refractivity contribution in [2.75, 3.05) is 23.7 Å². The second-order valence-corrected chi connectivity index (χ2v) is 8.30. The lowest BCUT2D eigenvalue weighted by Gasteiger charge is -2.31. The lowest BCUT2D eigenvalue weighted by Crippen LogP contribution is -2.50. The summed E-state index contributed by atoms with van der Waals surface area (Å²) in [5.41, 5.74) is 7.26. The number of benzene rings is 1. The molecule has 1 saturated carbocycles. The first-order valence-electron chi connectivity index (χ1n) is 10.7. The lowest BCUT2D eigenvalue weighted by atomic mass is 9.98. The van der Waals surface area contributed by atoms with Gasteiger partial charge >= 0.3 is 0 Å². The third-order valence-electron chi connectivity index (χ3n) is 5.38. The van der Waals surface area contributed by atoms with Gasteiger partial charge in [-0.3, -0.25) is 9.52 Å². The predicted octanol–water partition coefficient (Wildman–Crippen LogP) is 2.98. The van der Waals surface area contributed by atoms with E-state index >= 15 is 0 Å². The molecule has 9 nitrogen and oxygen atoms in total. The molecule has 0 saturated heterocycles. The van der Waals surface area contributed by atoms with Crippen LogP contribution < -0.4 is 25.8 Å². The zero-order valence-electron chi connectivity index (χ0n) is 18.6. The molecule has 1 amide bonds. The number of aromatic nitrogens is 1. The number of hydrogen-bond donors (Lipinski definition) is 4. The zero-order valence-corrected chi connectivity index (χ0v) is 19.4. The maximum atomic E-state index is 12.9. The average Bonchev–Trinajstić information content (AvgIpc) is 3.27. The van der Waals surface area contributed by atoms with Crippen molar-refractivity contribution in [3.8, 4) is 5.75 Å². The molecule has 2 aromatic rings. The van der Waals surface area contributed by atoms with E-state index in [9.17, 15) is 9.00 Å². The maximum Gasteiger partial charge on any atom is 0.252 e. The van der Waals surface area contributed by atoms with E-state index in [0.29, 0.717) is 35.0 Å². The highest BCUT2D eigenvalue weighted by Gasteiger charge is 2.37. The van der Waals surface area contributed by atoms with Crippen LogP contribution in [0.15, 0.2) is 40.9 Å². The number of carbonyl (C=O) groups excluding carboxylic acids is 1. The minimum atomic E-state index is -1.60. The molecule has 0 bridgehead atoms. The smallest absolute Gasteiger partial charge is 0.252 e. The Bertz CT molecular complexity index is 1020. The molecule has 1 fully saturated rings. The Balaban J connectivity index is 0.00000141. The number of nitrogens with zero attached hydrogens (tertiary/aromatic N) is 2. The van der Waals surface area contributed by atoms with Gasteiger partial charge < -0.3 is 21.1 Å². The third kappa shape index (κ3) is 5.18. The largest absolute Gasteiger partial charge is 0.490 e. The number of rotatable bonds is 6. The molecule has 1 unspecified atom stereocenters. The van der Waals surface area contributed by atoms with E-state index in [4.69, 9.17) is 10.5 Å². The van der Waals surface area contributed by atoms with Crippen LogP contribution in [-0.4, -0.2) is 40.1 Å². The lowest BCUT2D eigenvalue weighted by molar-refractivity contribution is 0.0855. The van der Waals surface area contributed by atoms with Crippen molar-refractivity contribution in [1.29, 1.82) is 0 Å². The predicted molar refractivity (Wildman–Crippen MR) is 128 cm³/mol. The fraction of sp³-hybridized carbons (Fsp3) is 0.409. The first-order chi connectivity index (χ1) is 15.5. The van der Waals surface area contributed by atoms with Crippen LogP contribution in [0.3, 0.4) is 0 Å². The van der Waals surface area contributed by atoms with Gasteiger partial charge in [-0.15, -0.1) is 0 Å². The SMILES string of the molecule is CC.CNc1cc(C(=O)NC2(COc3cccc4c3C(N)=NS(=O)N4)CCCC2)ccn1. The number of pyridine rings is 1. The fourth-order valence-corrected chi connectivity index (χ4v) is 4.52. The van der Waals surface area contributed by atoms with Gasteiger partial charge in [0, 0.05) is 18.8 Å². The summed E-state index contributed by atoms with van der Waals surface area (Å²) < 4.78 is 24.5. The number of anilines is 2. The summed E-state index contributed by atoms with van der Waals surface area (Å²) in [5, 5.41) is 6.13. The first kappa shape index (κ1) is 23.5. The monoisotopic (exact) mass is 458 g/mol. The molecule has 1 aliphatic heterocycles. The highest BCUT2D eigenvalue weighted by molar-refractivity contribution is 7.85. The van der Waals surface area contributed by atoms with Crippen LogP contribution >= 0.6 is 0 Å². The number of hydrogen-bond acceptors (Lipinski definition) is 6. The first-order valence-corrected chi connectivity index (χ1v) is 11.9. The van der Waals surface area contributed by atoms with Gasteiger partial charge in [0.2, 0.25) is 11.2 Å². The van der Waals surface area contributed by atoms with Gasteiger partial charge in [0.25, 0.3) is 5.91 Å². The number of fused-ring (bicyclic) bond motifs is 1. The van der Waals surface area contributed by atoms with Gasteiger partial charge in [0.1, 0.15) is 24.0 Å². The molecule has 1 aromatic heterocycles. The van der Waals surface area contributed by atoms with E-state index in [1.54, 1.807) is 43.6 Å². The molecule has 172 valence electrons. The number of nitrogens with two attached hydrogens (primary N) is 1. The molecule has 0 radical (unpaired) electrons. The molecule has 2 heterocycles. The van der Waals surface area contributed by atoms with E-state index in [1.165, 1.54) is 0 Å². The van der Waals surface area contributed by atoms with E-state index < -0.39 is 16.7 Å². The van der Waals surface area contributed by atoms with Crippen LogP contribution in [-0.2, 0) is 11.2 Å². The van der Waals surface area contributed by atoms with E-state index in [1.807, 2.05) is 13.8 Å². The van der Waals surface area contributed by atoms with Crippen molar-refractivity contribution in [3.63, 3.8) is 0 Å². The van der Waals surface area contributed by atoms with E-state index in [-0.39, 0.29) is 11.7 Å². The molecule has 5 N–H and O–H groups in total. The normalized spacial score (nSPS) is 18.2. The van der Waals surface area contributed by atoms with Gasteiger partial charge in [-0.25, -0.2) is 9.19 Å². The van der Waals surface area contributed by atoms with E-state index in [2.05, 4.69) is 24.7 Å². The zero-order chi connectivity index (χ0) is 23.1. The summed E-state index contributed by atoms with van der Waals surface area (Å²) in [6.07, 6.45) is 5.28. The number of amidine groups is 1. The standard InChI is InChI=1S/C20H24N6O3S.C2H6/c1-22-16-11-13(7-10-23-16)19(27)24-20(8-2-3-9-20)12-29-15-6-4-5-14-17(15)18(21)26-30(28)25-14;1-2/h4-7,10-11,25H,2-3,8-9,12H2,1H3,(H2,21,26)(H,22,23)(H,24,27);1-2H3. The topological polar surface area (TPSA) is 131 Å². The van der Waals surface area contributed by atoms with Crippen LogP contribution in [0.5, 0.6) is 5.75 Å². The number of nitrogens with one attached hydrogen (secondary N) is 3. The molecule has 10 heteroatoms. The van der Waals surface area contributed by atoms with Gasteiger partial charge in [0.15, 0.2) is 0 Å². The minimum absolute atomic E-state index is 0.160. The van der Waals surface area contributed by atoms with Gasteiger partial charge in [-0.2, -0.15) is 4.40 Å². The second kappa shape index (κ2) is 10.4. The van der Waals surface area contributed by atoms with Crippen molar-refractivity contribution in [2.45, 2.75) is 45.1 Å². The van der Waals surface area contributed by atoms with Crippen LogP contribution in [0.4, 0.5) is 11.5 Å².